The van der Waals surface area contributed by atoms with Gasteiger partial charge in [0.25, 0.3) is 0 Å². The van der Waals surface area contributed by atoms with Crippen LogP contribution in [0.3, 0.4) is 0 Å². The van der Waals surface area contributed by atoms with Crippen LogP contribution in [-0.4, -0.2) is 43.0 Å². The van der Waals surface area contributed by atoms with Gasteiger partial charge in [-0.3, -0.25) is 4.90 Å². The molecule has 3 heteroatoms. The Bertz CT molecular complexity index is 600. The predicted molar refractivity (Wildman–Crippen MR) is 94.6 cm³/mol. The predicted octanol–water partition coefficient (Wildman–Crippen LogP) is 3.40. The molecular weight excluding hydrogens is 284 g/mol. The highest BCUT2D eigenvalue weighted by Crippen LogP contribution is 2.17. The second-order valence-electron chi connectivity index (χ2n) is 6.35. The Hall–Kier alpha value is -1.84. The maximum Gasteiger partial charge on any atom is 0.120 e. The molecule has 0 unspecified atom stereocenters. The zero-order valence-electron chi connectivity index (χ0n) is 13.9. The Morgan fingerprint density at radius 2 is 1.70 bits per heavy atom. The van der Waals surface area contributed by atoms with Gasteiger partial charge in [-0.25, -0.2) is 0 Å². The van der Waals surface area contributed by atoms with Crippen LogP contribution in [0.2, 0.25) is 0 Å². The minimum atomic E-state index is 0.624. The highest BCUT2D eigenvalue weighted by molar-refractivity contribution is 5.29. The Morgan fingerprint density at radius 3 is 2.57 bits per heavy atom. The quantitative estimate of drug-likeness (QED) is 0.842. The third-order valence-corrected chi connectivity index (χ3v) is 4.37. The van der Waals surface area contributed by atoms with Crippen LogP contribution in [0.4, 0.5) is 0 Å². The molecule has 0 N–H and O–H groups in total. The van der Waals surface area contributed by atoms with Crippen LogP contribution in [0.5, 0.6) is 5.75 Å². The Morgan fingerprint density at radius 1 is 0.870 bits per heavy atom. The number of likely N-dealkylation sites (N-methyl/N-ethyl adjacent to an activating group) is 1. The topological polar surface area (TPSA) is 15.7 Å². The molecule has 0 bridgehead atoms. The molecule has 0 spiro atoms. The van der Waals surface area contributed by atoms with Gasteiger partial charge in [-0.15, -0.1) is 0 Å². The molecule has 2 aromatic rings. The van der Waals surface area contributed by atoms with Crippen LogP contribution < -0.4 is 4.74 Å². The van der Waals surface area contributed by atoms with Crippen molar-refractivity contribution in [2.24, 2.45) is 0 Å². The van der Waals surface area contributed by atoms with Gasteiger partial charge in [-0.2, -0.15) is 0 Å². The first kappa shape index (κ1) is 16.0. The van der Waals surface area contributed by atoms with Gasteiger partial charge < -0.3 is 9.64 Å². The second-order valence-corrected chi connectivity index (χ2v) is 6.35. The lowest BCUT2D eigenvalue weighted by atomic mass is 10.2. The van der Waals surface area contributed by atoms with Crippen molar-refractivity contribution in [1.29, 1.82) is 0 Å². The number of ether oxygens (including phenoxy) is 1. The Labute approximate surface area is 139 Å². The van der Waals surface area contributed by atoms with Crippen LogP contribution in [0.1, 0.15) is 17.5 Å². The summed E-state index contributed by atoms with van der Waals surface area (Å²) in [6.07, 6.45) is 1.25. The summed E-state index contributed by atoms with van der Waals surface area (Å²) in [5, 5.41) is 0. The molecule has 1 aliphatic heterocycles. The van der Waals surface area contributed by atoms with Gasteiger partial charge in [0.1, 0.15) is 12.4 Å². The van der Waals surface area contributed by atoms with Gasteiger partial charge in [0.2, 0.25) is 0 Å². The molecule has 23 heavy (non-hydrogen) atoms. The first-order chi connectivity index (χ1) is 11.3. The molecule has 0 aromatic heterocycles. The first-order valence-corrected chi connectivity index (χ1v) is 8.46. The normalized spacial score (nSPS) is 16.9. The van der Waals surface area contributed by atoms with E-state index in [9.17, 15) is 0 Å². The first-order valence-electron chi connectivity index (χ1n) is 8.46. The van der Waals surface area contributed by atoms with Crippen LogP contribution in [-0.2, 0) is 13.2 Å². The van der Waals surface area contributed by atoms with Crippen molar-refractivity contribution in [2.75, 3.05) is 33.2 Å². The second kappa shape index (κ2) is 8.14. The number of hydrogen-bond donors (Lipinski definition) is 0. The average Bonchev–Trinajstić information content (AvgIpc) is 2.79. The summed E-state index contributed by atoms with van der Waals surface area (Å²) in [4.78, 5) is 4.96. The largest absolute Gasteiger partial charge is 0.489 e. The van der Waals surface area contributed by atoms with E-state index >= 15 is 0 Å². The van der Waals surface area contributed by atoms with E-state index in [4.69, 9.17) is 4.74 Å². The molecule has 3 nitrogen and oxygen atoms in total. The minimum Gasteiger partial charge on any atom is -0.489 e. The van der Waals surface area contributed by atoms with Gasteiger partial charge in [0.15, 0.2) is 0 Å². The third kappa shape index (κ3) is 5.08. The molecule has 0 amide bonds. The molecular formula is C20H26N2O. The summed E-state index contributed by atoms with van der Waals surface area (Å²) in [6, 6.07) is 18.8. The summed E-state index contributed by atoms with van der Waals surface area (Å²) < 4.78 is 5.94. The summed E-state index contributed by atoms with van der Waals surface area (Å²) >= 11 is 0. The summed E-state index contributed by atoms with van der Waals surface area (Å²) in [5.41, 5.74) is 2.54. The van der Waals surface area contributed by atoms with E-state index in [1.54, 1.807) is 0 Å². The molecule has 122 valence electrons. The van der Waals surface area contributed by atoms with Gasteiger partial charge in [-0.1, -0.05) is 42.5 Å². The average molecular weight is 310 g/mol. The fourth-order valence-electron chi connectivity index (χ4n) is 2.99. The van der Waals surface area contributed by atoms with Crippen molar-refractivity contribution in [3.8, 4) is 5.75 Å². The zero-order valence-corrected chi connectivity index (χ0v) is 13.9. The van der Waals surface area contributed by atoms with Gasteiger partial charge in [-0.05, 0) is 49.8 Å². The monoisotopic (exact) mass is 310 g/mol. The van der Waals surface area contributed by atoms with Gasteiger partial charge >= 0.3 is 0 Å². The number of benzene rings is 2. The van der Waals surface area contributed by atoms with E-state index < -0.39 is 0 Å². The highest BCUT2D eigenvalue weighted by Gasteiger charge is 2.12. The van der Waals surface area contributed by atoms with Gasteiger partial charge in [0, 0.05) is 19.6 Å². The number of nitrogens with zero attached hydrogens (tertiary/aromatic N) is 2. The molecule has 1 saturated heterocycles. The van der Waals surface area contributed by atoms with E-state index in [-0.39, 0.29) is 0 Å². The standard InChI is InChI=1S/C20H26N2O/c1-21-11-6-12-22(14-13-21)16-19-9-5-10-20(15-19)23-17-18-7-3-2-4-8-18/h2-5,7-10,15H,6,11-14,16-17H2,1H3. The zero-order chi connectivity index (χ0) is 15.9. The van der Waals surface area contributed by atoms with Crippen LogP contribution >= 0.6 is 0 Å². The lowest BCUT2D eigenvalue weighted by molar-refractivity contribution is 0.268. The van der Waals surface area contributed by atoms with Crippen LogP contribution in [0.15, 0.2) is 54.6 Å². The summed E-state index contributed by atoms with van der Waals surface area (Å²) in [6.45, 7) is 6.32. The summed E-state index contributed by atoms with van der Waals surface area (Å²) in [7, 11) is 2.21. The van der Waals surface area contributed by atoms with Crippen LogP contribution in [0.25, 0.3) is 0 Å². The molecule has 2 aromatic carbocycles. The maximum absolute atomic E-state index is 5.94. The smallest absolute Gasteiger partial charge is 0.120 e. The van der Waals surface area contributed by atoms with Crippen molar-refractivity contribution in [1.82, 2.24) is 9.80 Å². The lowest BCUT2D eigenvalue weighted by Gasteiger charge is -2.20. The van der Waals surface area contributed by atoms with Crippen LogP contribution in [0, 0.1) is 0 Å². The van der Waals surface area contributed by atoms with Crippen molar-refractivity contribution in [2.45, 2.75) is 19.6 Å². The van der Waals surface area contributed by atoms with Gasteiger partial charge in [0.05, 0.1) is 0 Å². The number of hydrogen-bond acceptors (Lipinski definition) is 3. The van der Waals surface area contributed by atoms with E-state index in [2.05, 4.69) is 47.2 Å². The van der Waals surface area contributed by atoms with Crippen molar-refractivity contribution in [3.63, 3.8) is 0 Å². The van der Waals surface area contributed by atoms with Crippen molar-refractivity contribution >= 4 is 0 Å². The molecule has 1 heterocycles. The molecule has 1 aliphatic rings. The fourth-order valence-corrected chi connectivity index (χ4v) is 2.99. The highest BCUT2D eigenvalue weighted by atomic mass is 16.5. The van der Waals surface area contributed by atoms with E-state index in [1.807, 2.05) is 24.3 Å². The Kier molecular flexibility index (Phi) is 5.67. The van der Waals surface area contributed by atoms with E-state index in [0.29, 0.717) is 6.61 Å². The molecule has 1 fully saturated rings. The fraction of sp³-hybridized carbons (Fsp3) is 0.400. The van der Waals surface area contributed by atoms with E-state index in [0.717, 1.165) is 25.4 Å². The minimum absolute atomic E-state index is 0.624. The maximum atomic E-state index is 5.94. The van der Waals surface area contributed by atoms with Crippen molar-refractivity contribution < 1.29 is 4.74 Å². The third-order valence-electron chi connectivity index (χ3n) is 4.37. The molecule has 0 radical (unpaired) electrons. The lowest BCUT2D eigenvalue weighted by Crippen LogP contribution is -2.28. The molecule has 0 atom stereocenters. The number of rotatable bonds is 5. The Balaban J connectivity index is 1.56. The summed E-state index contributed by atoms with van der Waals surface area (Å²) in [5.74, 6) is 0.957. The molecule has 0 aliphatic carbocycles. The van der Waals surface area contributed by atoms with Crippen molar-refractivity contribution in [3.05, 3.63) is 65.7 Å². The molecule has 3 rings (SSSR count). The van der Waals surface area contributed by atoms with E-state index in [1.165, 1.54) is 30.6 Å². The SMILES string of the molecule is CN1CCCN(Cc2cccc(OCc3ccccc3)c2)CC1. The molecule has 0 saturated carbocycles.